The van der Waals surface area contributed by atoms with E-state index in [-0.39, 0.29) is 16.3 Å². The lowest BCUT2D eigenvalue weighted by Crippen LogP contribution is -2.18. The molecule has 1 amide bonds. The van der Waals surface area contributed by atoms with Crippen LogP contribution in [-0.4, -0.2) is 17.0 Å². The highest BCUT2D eigenvalue weighted by molar-refractivity contribution is 6.34. The first-order chi connectivity index (χ1) is 10.5. The Hall–Kier alpha value is -2.44. The summed E-state index contributed by atoms with van der Waals surface area (Å²) in [5.74, 6) is -0.497. The molecule has 112 valence electrons. The van der Waals surface area contributed by atoms with Gasteiger partial charge in [-0.15, -0.1) is 0 Å². The van der Waals surface area contributed by atoms with E-state index in [1.165, 1.54) is 24.4 Å². The second kappa shape index (κ2) is 7.02. The second-order valence-corrected chi connectivity index (χ2v) is 4.96. The topological polar surface area (TPSA) is 84.6 Å². The van der Waals surface area contributed by atoms with E-state index in [1.54, 1.807) is 24.3 Å². The molecule has 8 heteroatoms. The van der Waals surface area contributed by atoms with Crippen LogP contribution < -0.4 is 5.43 Å². The fourth-order valence-electron chi connectivity index (χ4n) is 1.61. The van der Waals surface area contributed by atoms with Gasteiger partial charge in [-0.2, -0.15) is 5.10 Å². The predicted molar refractivity (Wildman–Crippen MR) is 84.6 cm³/mol. The van der Waals surface area contributed by atoms with Crippen molar-refractivity contribution >= 4 is 41.0 Å². The Morgan fingerprint density at radius 2 is 1.91 bits per heavy atom. The Balaban J connectivity index is 2.13. The van der Waals surface area contributed by atoms with Gasteiger partial charge in [0.15, 0.2) is 0 Å². The highest BCUT2D eigenvalue weighted by atomic mass is 35.5. The lowest BCUT2D eigenvalue weighted by Gasteiger charge is -2.02. The van der Waals surface area contributed by atoms with E-state index in [9.17, 15) is 14.9 Å². The van der Waals surface area contributed by atoms with Gasteiger partial charge in [0.05, 0.1) is 21.7 Å². The minimum atomic E-state index is -0.546. The summed E-state index contributed by atoms with van der Waals surface area (Å²) in [6, 6.07) is 10.4. The number of amides is 1. The number of benzene rings is 2. The third-order valence-corrected chi connectivity index (χ3v) is 3.35. The molecule has 0 unspecified atom stereocenters. The van der Waals surface area contributed by atoms with Crippen LogP contribution in [0, 0.1) is 10.1 Å². The summed E-state index contributed by atoms with van der Waals surface area (Å²) in [6.45, 7) is 0. The molecule has 2 aromatic rings. The summed E-state index contributed by atoms with van der Waals surface area (Å²) in [7, 11) is 0. The van der Waals surface area contributed by atoms with E-state index >= 15 is 0 Å². The molecular weight excluding hydrogens is 329 g/mol. The second-order valence-electron chi connectivity index (χ2n) is 4.14. The number of nitro benzene ring substituents is 1. The number of carbonyl (C=O) groups is 1. The maximum absolute atomic E-state index is 11.9. The minimum absolute atomic E-state index is 0.122. The average molecular weight is 338 g/mol. The molecule has 0 radical (unpaired) electrons. The number of halogens is 2. The van der Waals surface area contributed by atoms with Crippen molar-refractivity contribution in [3.8, 4) is 0 Å². The van der Waals surface area contributed by atoms with Crippen LogP contribution in [0.1, 0.15) is 15.9 Å². The van der Waals surface area contributed by atoms with Crippen LogP contribution in [0.15, 0.2) is 47.6 Å². The average Bonchev–Trinajstić information content (AvgIpc) is 2.49. The van der Waals surface area contributed by atoms with E-state index in [1.807, 2.05) is 0 Å². The highest BCUT2D eigenvalue weighted by Crippen LogP contribution is 2.20. The van der Waals surface area contributed by atoms with Crippen LogP contribution in [0.3, 0.4) is 0 Å². The lowest BCUT2D eigenvalue weighted by molar-refractivity contribution is -0.384. The third kappa shape index (κ3) is 3.81. The van der Waals surface area contributed by atoms with E-state index < -0.39 is 10.8 Å². The molecule has 0 aromatic heterocycles. The van der Waals surface area contributed by atoms with Gasteiger partial charge in [-0.1, -0.05) is 35.3 Å². The SMILES string of the molecule is O=C(NN=Cc1cc([N+](=O)[O-])ccc1Cl)c1ccccc1Cl. The van der Waals surface area contributed by atoms with Gasteiger partial charge in [-0.25, -0.2) is 5.43 Å². The standard InChI is InChI=1S/C14H9Cl2N3O3/c15-12-6-5-10(19(21)22)7-9(12)8-17-18-14(20)11-3-1-2-4-13(11)16/h1-8H,(H,18,20). The minimum Gasteiger partial charge on any atom is -0.267 e. The zero-order chi connectivity index (χ0) is 16.1. The molecule has 0 atom stereocenters. The number of nitrogens with zero attached hydrogens (tertiary/aromatic N) is 2. The first-order valence-electron chi connectivity index (χ1n) is 6.01. The van der Waals surface area contributed by atoms with Crippen LogP contribution in [-0.2, 0) is 0 Å². The van der Waals surface area contributed by atoms with Gasteiger partial charge in [-0.3, -0.25) is 14.9 Å². The summed E-state index contributed by atoms with van der Waals surface area (Å²) in [5.41, 5.74) is 2.74. The molecule has 0 saturated heterocycles. The smallest absolute Gasteiger partial charge is 0.267 e. The molecule has 0 bridgehead atoms. The molecule has 0 heterocycles. The summed E-state index contributed by atoms with van der Waals surface area (Å²) in [6.07, 6.45) is 1.23. The Labute approximate surface area is 135 Å². The largest absolute Gasteiger partial charge is 0.272 e. The molecule has 1 N–H and O–H groups in total. The maximum Gasteiger partial charge on any atom is 0.272 e. The van der Waals surface area contributed by atoms with E-state index in [4.69, 9.17) is 23.2 Å². The van der Waals surface area contributed by atoms with Gasteiger partial charge >= 0.3 is 0 Å². The Bertz CT molecular complexity index is 763. The van der Waals surface area contributed by atoms with Crippen molar-refractivity contribution in [2.75, 3.05) is 0 Å². The Morgan fingerprint density at radius 3 is 2.59 bits per heavy atom. The van der Waals surface area contributed by atoms with Crippen molar-refractivity contribution in [2.24, 2.45) is 5.10 Å². The van der Waals surface area contributed by atoms with E-state index in [0.717, 1.165) is 0 Å². The normalized spacial score (nSPS) is 10.6. The molecule has 0 aliphatic rings. The number of carbonyl (C=O) groups excluding carboxylic acids is 1. The van der Waals surface area contributed by atoms with Gasteiger partial charge in [0, 0.05) is 22.7 Å². The number of non-ortho nitro benzene ring substituents is 1. The predicted octanol–water partition coefficient (Wildman–Crippen LogP) is 3.67. The van der Waals surface area contributed by atoms with Gasteiger partial charge in [0.25, 0.3) is 11.6 Å². The molecule has 0 aliphatic carbocycles. The Morgan fingerprint density at radius 1 is 1.18 bits per heavy atom. The van der Waals surface area contributed by atoms with Gasteiger partial charge in [0.2, 0.25) is 0 Å². The molecule has 22 heavy (non-hydrogen) atoms. The number of hydrogen-bond acceptors (Lipinski definition) is 4. The summed E-state index contributed by atoms with van der Waals surface area (Å²) in [4.78, 5) is 22.0. The number of nitro groups is 1. The lowest BCUT2D eigenvalue weighted by atomic mass is 10.2. The van der Waals surface area contributed by atoms with Crippen molar-refractivity contribution in [1.82, 2.24) is 5.43 Å². The number of nitrogens with one attached hydrogen (secondary N) is 1. The first kappa shape index (κ1) is 15.9. The fourth-order valence-corrected chi connectivity index (χ4v) is 2.00. The first-order valence-corrected chi connectivity index (χ1v) is 6.76. The van der Waals surface area contributed by atoms with Gasteiger partial charge < -0.3 is 0 Å². The van der Waals surface area contributed by atoms with E-state index in [0.29, 0.717) is 10.6 Å². The van der Waals surface area contributed by atoms with Crippen LogP contribution in [0.4, 0.5) is 5.69 Å². The van der Waals surface area contributed by atoms with Crippen LogP contribution in [0.5, 0.6) is 0 Å². The number of hydrogen-bond donors (Lipinski definition) is 1. The Kier molecular flexibility index (Phi) is 5.08. The zero-order valence-corrected chi connectivity index (χ0v) is 12.5. The van der Waals surface area contributed by atoms with Crippen molar-refractivity contribution in [2.45, 2.75) is 0 Å². The van der Waals surface area contributed by atoms with Crippen LogP contribution >= 0.6 is 23.2 Å². The van der Waals surface area contributed by atoms with Crippen LogP contribution in [0.2, 0.25) is 10.0 Å². The summed E-state index contributed by atoms with van der Waals surface area (Å²) < 4.78 is 0. The van der Waals surface area contributed by atoms with E-state index in [2.05, 4.69) is 10.5 Å². The molecular formula is C14H9Cl2N3O3. The van der Waals surface area contributed by atoms with Crippen molar-refractivity contribution in [1.29, 1.82) is 0 Å². The number of rotatable bonds is 4. The molecule has 0 fully saturated rings. The fraction of sp³-hybridized carbons (Fsp3) is 0. The highest BCUT2D eigenvalue weighted by Gasteiger charge is 2.10. The summed E-state index contributed by atoms with van der Waals surface area (Å²) >= 11 is 11.8. The monoisotopic (exact) mass is 337 g/mol. The van der Waals surface area contributed by atoms with Gasteiger partial charge in [0.1, 0.15) is 0 Å². The number of hydrazone groups is 1. The molecule has 2 aromatic carbocycles. The van der Waals surface area contributed by atoms with Crippen molar-refractivity contribution in [3.63, 3.8) is 0 Å². The molecule has 0 saturated carbocycles. The quantitative estimate of drug-likeness (QED) is 0.524. The maximum atomic E-state index is 11.9. The summed E-state index contributed by atoms with van der Waals surface area (Å²) in [5, 5.41) is 15.0. The third-order valence-electron chi connectivity index (χ3n) is 2.68. The molecule has 2 rings (SSSR count). The molecule has 6 nitrogen and oxygen atoms in total. The molecule has 0 spiro atoms. The van der Waals surface area contributed by atoms with Crippen molar-refractivity contribution in [3.05, 3.63) is 73.8 Å². The van der Waals surface area contributed by atoms with Gasteiger partial charge in [-0.05, 0) is 18.2 Å². The van der Waals surface area contributed by atoms with Crippen molar-refractivity contribution < 1.29 is 9.72 Å². The zero-order valence-electron chi connectivity index (χ0n) is 11.0. The van der Waals surface area contributed by atoms with Crippen LogP contribution in [0.25, 0.3) is 0 Å². The molecule has 0 aliphatic heterocycles.